The lowest BCUT2D eigenvalue weighted by atomic mass is 10.2. The molecular formula is C20H20N8O. The van der Waals surface area contributed by atoms with Crippen molar-refractivity contribution >= 4 is 22.9 Å². The largest absolute Gasteiger partial charge is 0.378 e. The van der Waals surface area contributed by atoms with Crippen LogP contribution in [0, 0.1) is 0 Å². The Balaban J connectivity index is 1.50. The van der Waals surface area contributed by atoms with Crippen LogP contribution >= 0.6 is 0 Å². The number of rotatable bonds is 5. The van der Waals surface area contributed by atoms with Crippen molar-refractivity contribution in [1.29, 1.82) is 0 Å². The summed E-state index contributed by atoms with van der Waals surface area (Å²) in [7, 11) is 0. The van der Waals surface area contributed by atoms with Crippen molar-refractivity contribution in [2.75, 3.05) is 36.5 Å². The Bertz CT molecular complexity index is 1110. The molecule has 0 atom stereocenters. The molecule has 4 heterocycles. The highest BCUT2D eigenvalue weighted by atomic mass is 16.5. The van der Waals surface area contributed by atoms with Gasteiger partial charge in [0.05, 0.1) is 42.8 Å². The number of H-pyrrole nitrogens is 1. The van der Waals surface area contributed by atoms with Gasteiger partial charge < -0.3 is 19.9 Å². The van der Waals surface area contributed by atoms with Gasteiger partial charge in [0.1, 0.15) is 0 Å². The molecule has 0 saturated carbocycles. The predicted molar refractivity (Wildman–Crippen MR) is 110 cm³/mol. The number of anilines is 2. The number of benzene rings is 1. The van der Waals surface area contributed by atoms with Crippen LogP contribution in [0.2, 0.25) is 0 Å². The predicted octanol–water partition coefficient (Wildman–Crippen LogP) is 2.26. The number of imidazole rings is 1. The minimum atomic E-state index is 0.518. The highest BCUT2D eigenvalue weighted by molar-refractivity contribution is 5.80. The van der Waals surface area contributed by atoms with Crippen molar-refractivity contribution in [2.45, 2.75) is 6.54 Å². The van der Waals surface area contributed by atoms with Gasteiger partial charge in [-0.1, -0.05) is 6.07 Å². The molecular weight excluding hydrogens is 368 g/mol. The maximum atomic E-state index is 5.46. The molecule has 0 radical (unpaired) electrons. The lowest BCUT2D eigenvalue weighted by Gasteiger charge is -2.27. The Morgan fingerprint density at radius 3 is 2.83 bits per heavy atom. The first-order chi connectivity index (χ1) is 14.3. The van der Waals surface area contributed by atoms with E-state index in [-0.39, 0.29) is 0 Å². The molecule has 0 unspecified atom stereocenters. The van der Waals surface area contributed by atoms with E-state index in [1.807, 2.05) is 36.4 Å². The fourth-order valence-corrected chi connectivity index (χ4v) is 3.22. The fraction of sp³-hybridized carbons (Fsp3) is 0.250. The van der Waals surface area contributed by atoms with Gasteiger partial charge in [0.2, 0.25) is 11.9 Å². The van der Waals surface area contributed by atoms with Crippen LogP contribution in [-0.2, 0) is 11.3 Å². The summed E-state index contributed by atoms with van der Waals surface area (Å²) in [6.45, 7) is 3.36. The maximum Gasteiger partial charge on any atom is 0.230 e. The highest BCUT2D eigenvalue weighted by Gasteiger charge is 2.17. The lowest BCUT2D eigenvalue weighted by Crippen LogP contribution is -2.37. The monoisotopic (exact) mass is 388 g/mol. The molecule has 2 N–H and O–H groups in total. The molecule has 4 aromatic rings. The first kappa shape index (κ1) is 17.5. The van der Waals surface area contributed by atoms with Crippen molar-refractivity contribution < 1.29 is 4.74 Å². The first-order valence-electron chi connectivity index (χ1n) is 9.51. The lowest BCUT2D eigenvalue weighted by molar-refractivity contribution is 0.122. The second-order valence-electron chi connectivity index (χ2n) is 6.69. The first-order valence-corrected chi connectivity index (χ1v) is 9.51. The third-order valence-electron chi connectivity index (χ3n) is 4.75. The van der Waals surface area contributed by atoms with Crippen LogP contribution in [0.4, 0.5) is 11.9 Å². The third-order valence-corrected chi connectivity index (χ3v) is 4.75. The van der Waals surface area contributed by atoms with Crippen LogP contribution < -0.4 is 10.2 Å². The van der Waals surface area contributed by atoms with Gasteiger partial charge in [0.15, 0.2) is 5.82 Å². The summed E-state index contributed by atoms with van der Waals surface area (Å²) < 4.78 is 5.46. The maximum absolute atomic E-state index is 5.46. The molecule has 146 valence electrons. The van der Waals surface area contributed by atoms with Crippen molar-refractivity contribution in [3.63, 3.8) is 0 Å². The van der Waals surface area contributed by atoms with E-state index in [2.05, 4.69) is 35.1 Å². The molecule has 0 spiro atoms. The normalized spacial score (nSPS) is 14.3. The Hall–Kier alpha value is -3.59. The van der Waals surface area contributed by atoms with Crippen LogP contribution in [-0.4, -0.2) is 56.2 Å². The Kier molecular flexibility index (Phi) is 4.71. The second-order valence-corrected chi connectivity index (χ2v) is 6.69. The summed E-state index contributed by atoms with van der Waals surface area (Å²) in [5.74, 6) is 1.77. The van der Waals surface area contributed by atoms with Crippen molar-refractivity contribution in [3.8, 4) is 11.4 Å². The zero-order valence-corrected chi connectivity index (χ0v) is 15.7. The minimum absolute atomic E-state index is 0.518. The van der Waals surface area contributed by atoms with Crippen molar-refractivity contribution in [3.05, 3.63) is 54.6 Å². The third kappa shape index (κ3) is 3.85. The molecule has 0 bridgehead atoms. The molecule has 5 rings (SSSR count). The molecule has 1 aromatic carbocycles. The van der Waals surface area contributed by atoms with Crippen LogP contribution in [0.1, 0.15) is 5.69 Å². The summed E-state index contributed by atoms with van der Waals surface area (Å²) in [5.41, 5.74) is 3.66. The molecule has 0 aliphatic carbocycles. The molecule has 29 heavy (non-hydrogen) atoms. The summed E-state index contributed by atoms with van der Waals surface area (Å²) >= 11 is 0. The number of fused-ring (bicyclic) bond motifs is 1. The van der Waals surface area contributed by atoms with Gasteiger partial charge >= 0.3 is 0 Å². The summed E-state index contributed by atoms with van der Waals surface area (Å²) in [5, 5.41) is 3.28. The SMILES string of the molecule is c1ccc(CNc2nc(-c3ccc4[nH]cnc4c3)nc(N3CCOCC3)n2)nc1. The van der Waals surface area contributed by atoms with Gasteiger partial charge in [-0.15, -0.1) is 0 Å². The molecule has 1 saturated heterocycles. The van der Waals surface area contributed by atoms with Crippen molar-refractivity contribution in [2.24, 2.45) is 0 Å². The van der Waals surface area contributed by atoms with Gasteiger partial charge in [-0.05, 0) is 30.3 Å². The van der Waals surface area contributed by atoms with Crippen LogP contribution in [0.25, 0.3) is 22.4 Å². The Labute approximate surface area is 167 Å². The summed E-state index contributed by atoms with van der Waals surface area (Å²) in [6, 6.07) is 11.8. The van der Waals surface area contributed by atoms with E-state index in [4.69, 9.17) is 9.72 Å². The van der Waals surface area contributed by atoms with E-state index in [0.29, 0.717) is 37.5 Å². The van der Waals surface area contributed by atoms with Crippen LogP contribution in [0.15, 0.2) is 48.9 Å². The molecule has 0 amide bonds. The van der Waals surface area contributed by atoms with Gasteiger partial charge in [-0.3, -0.25) is 4.98 Å². The van der Waals surface area contributed by atoms with Crippen molar-refractivity contribution in [1.82, 2.24) is 29.9 Å². The van der Waals surface area contributed by atoms with Gasteiger partial charge in [-0.2, -0.15) is 15.0 Å². The average molecular weight is 388 g/mol. The van der Waals surface area contributed by atoms with Crippen LogP contribution in [0.5, 0.6) is 0 Å². The highest BCUT2D eigenvalue weighted by Crippen LogP contribution is 2.23. The number of aromatic amines is 1. The van der Waals surface area contributed by atoms with Gasteiger partial charge in [-0.25, -0.2) is 4.98 Å². The Morgan fingerprint density at radius 2 is 1.97 bits per heavy atom. The minimum Gasteiger partial charge on any atom is -0.378 e. The number of hydrogen-bond donors (Lipinski definition) is 2. The van der Waals surface area contributed by atoms with E-state index in [0.717, 1.165) is 35.4 Å². The number of morpholine rings is 1. The van der Waals surface area contributed by atoms with E-state index >= 15 is 0 Å². The van der Waals surface area contributed by atoms with Gasteiger partial charge in [0, 0.05) is 24.8 Å². The van der Waals surface area contributed by atoms with Crippen LogP contribution in [0.3, 0.4) is 0 Å². The molecule has 1 aliphatic heterocycles. The van der Waals surface area contributed by atoms with E-state index < -0.39 is 0 Å². The number of nitrogens with one attached hydrogen (secondary N) is 2. The molecule has 1 fully saturated rings. The second kappa shape index (κ2) is 7.80. The number of pyridine rings is 1. The van der Waals surface area contributed by atoms with E-state index in [1.165, 1.54) is 0 Å². The summed E-state index contributed by atoms with van der Waals surface area (Å²) in [6.07, 6.45) is 3.45. The van der Waals surface area contributed by atoms with Gasteiger partial charge in [0.25, 0.3) is 0 Å². The zero-order valence-electron chi connectivity index (χ0n) is 15.7. The number of hydrogen-bond acceptors (Lipinski definition) is 8. The topological polar surface area (TPSA) is 105 Å². The number of nitrogens with zero attached hydrogens (tertiary/aromatic N) is 6. The quantitative estimate of drug-likeness (QED) is 0.536. The Morgan fingerprint density at radius 1 is 1.03 bits per heavy atom. The average Bonchev–Trinajstić information content (AvgIpc) is 3.27. The molecule has 1 aliphatic rings. The number of ether oxygens (including phenoxy) is 1. The number of aromatic nitrogens is 6. The fourth-order valence-electron chi connectivity index (χ4n) is 3.22. The molecule has 3 aromatic heterocycles. The standard InChI is InChI=1S/C20H20N8O/c1-2-6-21-15(3-1)12-22-19-25-18(14-4-5-16-17(11-14)24-13-23-16)26-20(27-19)28-7-9-29-10-8-28/h1-6,11,13H,7-10,12H2,(H,23,24)(H,22,25,26,27). The zero-order chi connectivity index (χ0) is 19.5. The molecule has 9 nitrogen and oxygen atoms in total. The van der Waals surface area contributed by atoms with E-state index in [1.54, 1.807) is 12.5 Å². The molecule has 9 heteroatoms. The summed E-state index contributed by atoms with van der Waals surface area (Å²) in [4.78, 5) is 27.9. The van der Waals surface area contributed by atoms with E-state index in [9.17, 15) is 0 Å². The smallest absolute Gasteiger partial charge is 0.230 e.